The summed E-state index contributed by atoms with van der Waals surface area (Å²) in [5.74, 6) is -8.32. The second-order valence-electron chi connectivity index (χ2n) is 10.1. The van der Waals surface area contributed by atoms with Gasteiger partial charge in [0.05, 0.1) is 20.1 Å². The second kappa shape index (κ2) is 17.2. The van der Waals surface area contributed by atoms with E-state index in [9.17, 15) is 48.2 Å². The SMILES string of the molecule is O=C(COc1cc(F)c(Br)cc1C(=O)N(Cc1ccccc1)[N+](=O)[O-])OC(=O)COc1cc(F)c(Br)cc1C(=O)N(Cc1ccccc1)[N+](=O)[O-]. The minimum absolute atomic E-state index is 0.248. The maximum atomic E-state index is 14.4. The molecule has 0 aliphatic rings. The van der Waals surface area contributed by atoms with Crippen LogP contribution in [0.3, 0.4) is 0 Å². The monoisotopic (exact) mass is 834 g/mol. The van der Waals surface area contributed by atoms with Crippen LogP contribution in [0.1, 0.15) is 31.8 Å². The van der Waals surface area contributed by atoms with Gasteiger partial charge in [-0.1, -0.05) is 70.7 Å². The van der Waals surface area contributed by atoms with Crippen LogP contribution in [0.4, 0.5) is 8.78 Å². The van der Waals surface area contributed by atoms with Gasteiger partial charge in [-0.15, -0.1) is 0 Å². The molecular formula is C32H22Br2F2N4O11. The molecule has 0 heterocycles. The molecule has 0 saturated heterocycles. The van der Waals surface area contributed by atoms with Crippen LogP contribution in [0, 0.1) is 31.9 Å². The summed E-state index contributed by atoms with van der Waals surface area (Å²) >= 11 is 5.80. The summed E-state index contributed by atoms with van der Waals surface area (Å²) in [6.07, 6.45) is 0. The Hall–Kier alpha value is -5.82. The highest BCUT2D eigenvalue weighted by atomic mass is 79.9. The van der Waals surface area contributed by atoms with Gasteiger partial charge in [-0.3, -0.25) is 9.59 Å². The molecule has 0 N–H and O–H groups in total. The molecule has 0 aromatic heterocycles. The number of ether oxygens (including phenoxy) is 3. The van der Waals surface area contributed by atoms with E-state index >= 15 is 0 Å². The standard InChI is InChI=1S/C32H22Br2F2N4O11/c33-23-11-21(31(43)37(39(45)46)15-19-7-3-1-4-8-19)27(13-25(23)35)49-17-29(41)51-30(42)18-50-28-14-26(36)24(34)12-22(28)32(44)38(40(47)48)16-20-9-5-2-6-10-20/h1-14H,15-18H2. The highest BCUT2D eigenvalue weighted by Gasteiger charge is 2.32. The van der Waals surface area contributed by atoms with Gasteiger partial charge in [0.1, 0.15) is 36.2 Å². The van der Waals surface area contributed by atoms with Crippen LogP contribution in [0.15, 0.2) is 93.9 Å². The number of carbonyl (C=O) groups excluding carboxylic acids is 4. The van der Waals surface area contributed by atoms with Crippen molar-refractivity contribution in [1.82, 2.24) is 10.0 Å². The molecule has 2 amide bonds. The fourth-order valence-corrected chi connectivity index (χ4v) is 4.97. The lowest BCUT2D eigenvalue weighted by molar-refractivity contribution is -0.635. The fourth-order valence-electron chi connectivity index (χ4n) is 4.29. The molecule has 0 unspecified atom stereocenters. The summed E-state index contributed by atoms with van der Waals surface area (Å²) in [6, 6.07) is 19.1. The summed E-state index contributed by atoms with van der Waals surface area (Å²) in [5.41, 5.74) is -0.215. The molecule has 4 aromatic rings. The van der Waals surface area contributed by atoms with E-state index < -0.39 is 94.4 Å². The number of rotatable bonds is 14. The average molecular weight is 836 g/mol. The highest BCUT2D eigenvalue weighted by molar-refractivity contribution is 9.10. The Bertz CT molecular complexity index is 1850. The van der Waals surface area contributed by atoms with Gasteiger partial charge in [-0.2, -0.15) is 0 Å². The summed E-state index contributed by atoms with van der Waals surface area (Å²) in [4.78, 5) is 74.7. The number of nitrogens with zero attached hydrogens (tertiary/aromatic N) is 4. The van der Waals surface area contributed by atoms with Gasteiger partial charge in [-0.25, -0.2) is 38.6 Å². The fraction of sp³-hybridized carbons (Fsp3) is 0.125. The van der Waals surface area contributed by atoms with Crippen molar-refractivity contribution in [3.8, 4) is 11.5 Å². The van der Waals surface area contributed by atoms with Crippen LogP contribution < -0.4 is 9.47 Å². The smallest absolute Gasteiger partial charge is 0.351 e. The van der Waals surface area contributed by atoms with Crippen molar-refractivity contribution in [2.45, 2.75) is 13.1 Å². The predicted molar refractivity (Wildman–Crippen MR) is 177 cm³/mol. The Balaban J connectivity index is 1.44. The molecule has 0 fully saturated rings. The lowest BCUT2D eigenvalue weighted by Crippen LogP contribution is -2.36. The Morgan fingerprint density at radius 3 is 1.31 bits per heavy atom. The molecule has 0 spiro atoms. The number of nitro groups is 2. The van der Waals surface area contributed by atoms with E-state index in [-0.39, 0.29) is 19.0 Å². The molecule has 4 rings (SSSR count). The summed E-state index contributed by atoms with van der Waals surface area (Å²) in [7, 11) is 0. The minimum atomic E-state index is -1.39. The van der Waals surface area contributed by atoms with Crippen molar-refractivity contribution in [2.24, 2.45) is 0 Å². The van der Waals surface area contributed by atoms with Gasteiger partial charge >= 0.3 is 23.8 Å². The zero-order chi connectivity index (χ0) is 37.2. The van der Waals surface area contributed by atoms with Gasteiger partial charge in [0.25, 0.3) is 0 Å². The third-order valence-corrected chi connectivity index (χ3v) is 7.85. The maximum absolute atomic E-state index is 14.4. The van der Waals surface area contributed by atoms with Crippen molar-refractivity contribution in [1.29, 1.82) is 0 Å². The summed E-state index contributed by atoms with van der Waals surface area (Å²) in [6.45, 7) is -3.13. The first-order valence-corrected chi connectivity index (χ1v) is 15.8. The van der Waals surface area contributed by atoms with Crippen molar-refractivity contribution in [3.63, 3.8) is 0 Å². The van der Waals surface area contributed by atoms with Crippen molar-refractivity contribution >= 4 is 55.6 Å². The molecule has 0 radical (unpaired) electrons. The van der Waals surface area contributed by atoms with Gasteiger partial charge < -0.3 is 14.2 Å². The molecule has 264 valence electrons. The Morgan fingerprint density at radius 1 is 0.627 bits per heavy atom. The molecule has 0 bridgehead atoms. The number of halogens is 4. The van der Waals surface area contributed by atoms with E-state index in [1.807, 2.05) is 0 Å². The average Bonchev–Trinajstić information content (AvgIpc) is 3.10. The summed E-state index contributed by atoms with van der Waals surface area (Å²) in [5, 5.41) is 22.0. The molecule has 4 aromatic carbocycles. The number of hydrogen-bond acceptors (Lipinski definition) is 11. The van der Waals surface area contributed by atoms with Gasteiger partial charge in [0.2, 0.25) is 0 Å². The predicted octanol–water partition coefficient (Wildman–Crippen LogP) is 5.69. The van der Waals surface area contributed by atoms with Crippen molar-refractivity contribution in [3.05, 3.63) is 148 Å². The minimum Gasteiger partial charge on any atom is -0.481 e. The van der Waals surface area contributed by atoms with Gasteiger partial charge in [0.15, 0.2) is 23.3 Å². The Morgan fingerprint density at radius 2 is 0.980 bits per heavy atom. The zero-order valence-corrected chi connectivity index (χ0v) is 28.9. The zero-order valence-electron chi connectivity index (χ0n) is 25.7. The Kier molecular flexibility index (Phi) is 12.8. The molecule has 51 heavy (non-hydrogen) atoms. The molecule has 0 aliphatic carbocycles. The van der Waals surface area contributed by atoms with E-state index in [4.69, 9.17) is 9.47 Å². The molecule has 19 heteroatoms. The first-order chi connectivity index (χ1) is 24.2. The largest absolute Gasteiger partial charge is 0.481 e. The first-order valence-electron chi connectivity index (χ1n) is 14.2. The topological polar surface area (TPSA) is 189 Å². The van der Waals surface area contributed by atoms with E-state index in [1.165, 1.54) is 24.3 Å². The number of hydrazine groups is 2. The van der Waals surface area contributed by atoms with Crippen LogP contribution in [0.2, 0.25) is 0 Å². The maximum Gasteiger partial charge on any atom is 0.351 e. The van der Waals surface area contributed by atoms with Crippen LogP contribution in [0.25, 0.3) is 0 Å². The van der Waals surface area contributed by atoms with E-state index in [0.29, 0.717) is 23.3 Å². The normalized spacial score (nSPS) is 10.5. The number of esters is 2. The quantitative estimate of drug-likeness (QED) is 0.0658. The molecule has 15 nitrogen and oxygen atoms in total. The lowest BCUT2D eigenvalue weighted by Gasteiger charge is -2.16. The molecular weight excluding hydrogens is 814 g/mol. The first kappa shape index (κ1) is 38.0. The highest BCUT2D eigenvalue weighted by Crippen LogP contribution is 2.30. The second-order valence-corrected chi connectivity index (χ2v) is 11.8. The number of carbonyl (C=O) groups is 4. The van der Waals surface area contributed by atoms with E-state index in [1.54, 1.807) is 36.4 Å². The number of benzene rings is 4. The van der Waals surface area contributed by atoms with Gasteiger partial charge in [0, 0.05) is 12.1 Å². The summed E-state index contributed by atoms with van der Waals surface area (Å²) < 4.78 is 43.3. The van der Waals surface area contributed by atoms with Crippen molar-refractivity contribution in [2.75, 3.05) is 13.2 Å². The number of hydrogen-bond donors (Lipinski definition) is 0. The molecule has 0 atom stereocenters. The van der Waals surface area contributed by atoms with Crippen LogP contribution in [-0.2, 0) is 27.4 Å². The lowest BCUT2D eigenvalue weighted by atomic mass is 10.1. The molecule has 0 aliphatic heterocycles. The van der Waals surface area contributed by atoms with Crippen LogP contribution in [-0.4, -0.2) is 57.0 Å². The van der Waals surface area contributed by atoms with Crippen molar-refractivity contribution < 1.29 is 52.2 Å². The molecule has 0 saturated carbocycles. The van der Waals surface area contributed by atoms with E-state index in [0.717, 1.165) is 12.1 Å². The van der Waals surface area contributed by atoms with Crippen LogP contribution >= 0.6 is 31.9 Å². The number of amides is 2. The van der Waals surface area contributed by atoms with E-state index in [2.05, 4.69) is 36.6 Å². The third-order valence-electron chi connectivity index (χ3n) is 6.64. The van der Waals surface area contributed by atoms with Gasteiger partial charge in [-0.05, 0) is 55.1 Å². The third kappa shape index (κ3) is 10.1. The van der Waals surface area contributed by atoms with Crippen LogP contribution in [0.5, 0.6) is 11.5 Å². The Labute approximate surface area is 302 Å².